The lowest BCUT2D eigenvalue weighted by Gasteiger charge is -2.05. The summed E-state index contributed by atoms with van der Waals surface area (Å²) in [5, 5.41) is 0. The van der Waals surface area contributed by atoms with E-state index in [2.05, 4.69) is 53.5 Å². The van der Waals surface area contributed by atoms with Gasteiger partial charge in [0.2, 0.25) is 0 Å². The summed E-state index contributed by atoms with van der Waals surface area (Å²) >= 11 is 0. The number of aromatic nitrogens is 1. The lowest BCUT2D eigenvalue weighted by molar-refractivity contribution is 1.33. The van der Waals surface area contributed by atoms with Gasteiger partial charge in [0.25, 0.3) is 0 Å². The first-order valence-electron chi connectivity index (χ1n) is 5.99. The van der Waals surface area contributed by atoms with Gasteiger partial charge in [-0.1, -0.05) is 48.5 Å². The van der Waals surface area contributed by atoms with E-state index in [9.17, 15) is 0 Å². The maximum Gasteiger partial charge on any atom is 0.0273 e. The minimum absolute atomic E-state index is 1.20. The Morgan fingerprint density at radius 1 is 0.500 bits per heavy atom. The third-order valence-corrected chi connectivity index (χ3v) is 2.98. The molecule has 0 aliphatic heterocycles. The molecule has 1 aromatic heterocycles. The molecule has 0 amide bonds. The Morgan fingerprint density at radius 3 is 1.72 bits per heavy atom. The molecule has 0 N–H and O–H groups in total. The Morgan fingerprint density at radius 2 is 1.06 bits per heavy atom. The van der Waals surface area contributed by atoms with Crippen molar-refractivity contribution >= 4 is 0 Å². The minimum atomic E-state index is 1.20. The Bertz CT molecular complexity index is 575. The van der Waals surface area contributed by atoms with E-state index in [0.29, 0.717) is 0 Å². The first kappa shape index (κ1) is 10.7. The number of rotatable bonds is 2. The summed E-state index contributed by atoms with van der Waals surface area (Å²) < 4.78 is 0. The van der Waals surface area contributed by atoms with Crippen LogP contribution in [0.25, 0.3) is 22.3 Å². The molecule has 0 bridgehead atoms. The Labute approximate surface area is 107 Å². The number of benzene rings is 2. The molecule has 0 aliphatic carbocycles. The van der Waals surface area contributed by atoms with E-state index in [0.717, 1.165) is 0 Å². The highest BCUT2D eigenvalue weighted by atomic mass is 14.6. The van der Waals surface area contributed by atoms with Crippen LogP contribution in [0.1, 0.15) is 0 Å². The van der Waals surface area contributed by atoms with E-state index in [4.69, 9.17) is 0 Å². The minimum Gasteiger partial charge on any atom is -0.265 e. The van der Waals surface area contributed by atoms with Gasteiger partial charge in [-0.05, 0) is 40.5 Å². The highest BCUT2D eigenvalue weighted by Crippen LogP contribution is 2.25. The molecule has 86 valence electrons. The van der Waals surface area contributed by atoms with Gasteiger partial charge in [-0.15, -0.1) is 0 Å². The van der Waals surface area contributed by atoms with Crippen molar-refractivity contribution < 1.29 is 0 Å². The summed E-state index contributed by atoms with van der Waals surface area (Å²) in [6, 6.07) is 23.1. The fourth-order valence-electron chi connectivity index (χ4n) is 2.05. The molecule has 0 saturated heterocycles. The molecular formula is C17H13N. The molecular weight excluding hydrogens is 218 g/mol. The Hall–Kier alpha value is -2.41. The molecule has 18 heavy (non-hydrogen) atoms. The first-order chi connectivity index (χ1) is 8.93. The van der Waals surface area contributed by atoms with Crippen molar-refractivity contribution in [2.45, 2.75) is 0 Å². The van der Waals surface area contributed by atoms with Crippen molar-refractivity contribution in [1.82, 2.24) is 4.98 Å². The van der Waals surface area contributed by atoms with E-state index >= 15 is 0 Å². The van der Waals surface area contributed by atoms with Crippen LogP contribution in [-0.2, 0) is 0 Å². The summed E-state index contributed by atoms with van der Waals surface area (Å²) in [7, 11) is 0. The summed E-state index contributed by atoms with van der Waals surface area (Å²) in [6.07, 6.45) is 3.65. The molecule has 3 aromatic rings. The predicted octanol–water partition coefficient (Wildman–Crippen LogP) is 4.42. The lowest BCUT2D eigenvalue weighted by atomic mass is 10.00. The summed E-state index contributed by atoms with van der Waals surface area (Å²) in [6.45, 7) is 0. The topological polar surface area (TPSA) is 12.9 Å². The third-order valence-electron chi connectivity index (χ3n) is 2.98. The average Bonchev–Trinajstić information content (AvgIpc) is 2.49. The molecule has 0 saturated carbocycles. The molecule has 0 radical (unpaired) electrons. The first-order valence-corrected chi connectivity index (χ1v) is 5.99. The molecule has 0 atom stereocenters. The van der Waals surface area contributed by atoms with Crippen molar-refractivity contribution in [3.63, 3.8) is 0 Å². The molecule has 2 aromatic carbocycles. The highest BCUT2D eigenvalue weighted by Gasteiger charge is 2.00. The van der Waals surface area contributed by atoms with Crippen LogP contribution >= 0.6 is 0 Å². The second kappa shape index (κ2) is 4.84. The van der Waals surface area contributed by atoms with Gasteiger partial charge >= 0.3 is 0 Å². The second-order valence-corrected chi connectivity index (χ2v) is 4.18. The van der Waals surface area contributed by atoms with Crippen LogP contribution in [0, 0.1) is 0 Å². The second-order valence-electron chi connectivity index (χ2n) is 4.18. The molecule has 0 unspecified atom stereocenters. The SMILES string of the molecule is c1ccc(-c2cccc(-c3ccncc3)c2)cc1. The third kappa shape index (κ3) is 2.16. The van der Waals surface area contributed by atoms with Crippen LogP contribution in [-0.4, -0.2) is 4.98 Å². The summed E-state index contributed by atoms with van der Waals surface area (Å²) in [5.41, 5.74) is 4.90. The van der Waals surface area contributed by atoms with E-state index in [1.165, 1.54) is 22.3 Å². The smallest absolute Gasteiger partial charge is 0.0273 e. The monoisotopic (exact) mass is 231 g/mol. The maximum atomic E-state index is 4.05. The number of pyridine rings is 1. The van der Waals surface area contributed by atoms with E-state index in [1.54, 1.807) is 0 Å². The number of hydrogen-bond donors (Lipinski definition) is 0. The zero-order chi connectivity index (χ0) is 12.2. The molecule has 1 heterocycles. The van der Waals surface area contributed by atoms with Gasteiger partial charge in [-0.2, -0.15) is 0 Å². The molecule has 1 heteroatoms. The molecule has 0 fully saturated rings. The van der Waals surface area contributed by atoms with Crippen LogP contribution in [0.4, 0.5) is 0 Å². The zero-order valence-corrected chi connectivity index (χ0v) is 9.95. The van der Waals surface area contributed by atoms with Crippen LogP contribution < -0.4 is 0 Å². The quantitative estimate of drug-likeness (QED) is 0.636. The summed E-state index contributed by atoms with van der Waals surface area (Å²) in [4.78, 5) is 4.05. The van der Waals surface area contributed by atoms with E-state index in [-0.39, 0.29) is 0 Å². The van der Waals surface area contributed by atoms with Crippen molar-refractivity contribution in [1.29, 1.82) is 0 Å². The molecule has 3 rings (SSSR count). The summed E-state index contributed by atoms with van der Waals surface area (Å²) in [5.74, 6) is 0. The Kier molecular flexibility index (Phi) is 2.89. The van der Waals surface area contributed by atoms with Gasteiger partial charge < -0.3 is 0 Å². The van der Waals surface area contributed by atoms with E-state index in [1.807, 2.05) is 30.6 Å². The van der Waals surface area contributed by atoms with Crippen LogP contribution in [0.2, 0.25) is 0 Å². The number of nitrogens with zero attached hydrogens (tertiary/aromatic N) is 1. The standard InChI is InChI=1S/C17H13N/c1-2-5-14(6-3-1)16-7-4-8-17(13-16)15-9-11-18-12-10-15/h1-13H. The van der Waals surface area contributed by atoms with Crippen molar-refractivity contribution in [2.75, 3.05) is 0 Å². The van der Waals surface area contributed by atoms with Crippen molar-refractivity contribution in [3.05, 3.63) is 79.1 Å². The molecule has 0 spiro atoms. The van der Waals surface area contributed by atoms with Crippen LogP contribution in [0.15, 0.2) is 79.1 Å². The fraction of sp³-hybridized carbons (Fsp3) is 0. The van der Waals surface area contributed by atoms with Gasteiger partial charge in [-0.3, -0.25) is 4.98 Å². The van der Waals surface area contributed by atoms with Gasteiger partial charge in [-0.25, -0.2) is 0 Å². The van der Waals surface area contributed by atoms with Crippen molar-refractivity contribution in [2.24, 2.45) is 0 Å². The fourth-order valence-corrected chi connectivity index (χ4v) is 2.05. The van der Waals surface area contributed by atoms with Gasteiger partial charge in [0, 0.05) is 12.4 Å². The van der Waals surface area contributed by atoms with Crippen LogP contribution in [0.5, 0.6) is 0 Å². The average molecular weight is 231 g/mol. The maximum absolute atomic E-state index is 4.05. The van der Waals surface area contributed by atoms with Gasteiger partial charge in [0.1, 0.15) is 0 Å². The van der Waals surface area contributed by atoms with Gasteiger partial charge in [0.05, 0.1) is 0 Å². The lowest BCUT2D eigenvalue weighted by Crippen LogP contribution is -1.81. The van der Waals surface area contributed by atoms with Gasteiger partial charge in [0.15, 0.2) is 0 Å². The van der Waals surface area contributed by atoms with Crippen molar-refractivity contribution in [3.8, 4) is 22.3 Å². The molecule has 0 aliphatic rings. The molecule has 1 nitrogen and oxygen atoms in total. The highest BCUT2D eigenvalue weighted by molar-refractivity contribution is 5.72. The van der Waals surface area contributed by atoms with Crippen LogP contribution in [0.3, 0.4) is 0 Å². The largest absolute Gasteiger partial charge is 0.265 e. The Balaban J connectivity index is 2.05. The normalized spacial score (nSPS) is 10.2. The predicted molar refractivity (Wildman–Crippen MR) is 75.1 cm³/mol. The number of hydrogen-bond acceptors (Lipinski definition) is 1. The van der Waals surface area contributed by atoms with E-state index < -0.39 is 0 Å². The zero-order valence-electron chi connectivity index (χ0n) is 9.95.